The van der Waals surface area contributed by atoms with Gasteiger partial charge in [0, 0.05) is 12.6 Å². The van der Waals surface area contributed by atoms with E-state index >= 15 is 0 Å². The van der Waals surface area contributed by atoms with Gasteiger partial charge in [-0.1, -0.05) is 6.92 Å². The van der Waals surface area contributed by atoms with Crippen LogP contribution in [0, 0.1) is 5.92 Å². The van der Waals surface area contributed by atoms with E-state index < -0.39 is 0 Å². The Bertz CT molecular complexity index is 376. The molecular formula is C11H16N4O. The molecule has 1 saturated carbocycles. The van der Waals surface area contributed by atoms with Crippen molar-refractivity contribution in [1.82, 2.24) is 15.3 Å². The lowest BCUT2D eigenvalue weighted by Gasteiger charge is -2.04. The summed E-state index contributed by atoms with van der Waals surface area (Å²) in [7, 11) is 0. The fourth-order valence-corrected chi connectivity index (χ4v) is 1.48. The van der Waals surface area contributed by atoms with E-state index in [0.717, 1.165) is 13.0 Å². The van der Waals surface area contributed by atoms with Crippen molar-refractivity contribution >= 4 is 11.7 Å². The van der Waals surface area contributed by atoms with Crippen molar-refractivity contribution in [3.63, 3.8) is 0 Å². The number of aromatic nitrogens is 2. The molecular weight excluding hydrogens is 204 g/mol. The summed E-state index contributed by atoms with van der Waals surface area (Å²) < 4.78 is 0. The Labute approximate surface area is 94.7 Å². The number of hydrogen-bond acceptors (Lipinski definition) is 4. The van der Waals surface area contributed by atoms with E-state index in [-0.39, 0.29) is 5.91 Å². The van der Waals surface area contributed by atoms with Crippen LogP contribution in [-0.2, 0) is 0 Å². The highest BCUT2D eigenvalue weighted by atomic mass is 16.2. The maximum atomic E-state index is 11.7. The van der Waals surface area contributed by atoms with Crippen molar-refractivity contribution in [2.75, 3.05) is 11.9 Å². The summed E-state index contributed by atoms with van der Waals surface area (Å²) in [5.41, 5.74) is 0.376. The zero-order valence-corrected chi connectivity index (χ0v) is 9.53. The minimum atomic E-state index is -0.134. The van der Waals surface area contributed by atoms with Gasteiger partial charge in [0.25, 0.3) is 5.91 Å². The summed E-state index contributed by atoms with van der Waals surface area (Å²) in [6.07, 6.45) is 4.14. The third kappa shape index (κ3) is 2.48. The minimum absolute atomic E-state index is 0.134. The maximum absolute atomic E-state index is 11.7. The standard InChI is InChI=1S/C11H16N4O/c1-3-12-10-6-13-9(5-14-10)11(16)15-8-4-7(8)2/h5-8H,3-4H2,1-2H3,(H,12,14)(H,15,16). The number of carbonyl (C=O) groups is 1. The summed E-state index contributed by atoms with van der Waals surface area (Å²) in [6.45, 7) is 4.89. The van der Waals surface area contributed by atoms with Gasteiger partial charge in [-0.2, -0.15) is 0 Å². The van der Waals surface area contributed by atoms with Gasteiger partial charge in [0.15, 0.2) is 0 Å². The Kier molecular flexibility index (Phi) is 3.03. The molecule has 2 atom stereocenters. The number of nitrogens with zero attached hydrogens (tertiary/aromatic N) is 2. The maximum Gasteiger partial charge on any atom is 0.271 e. The minimum Gasteiger partial charge on any atom is -0.369 e. The van der Waals surface area contributed by atoms with E-state index in [1.165, 1.54) is 6.20 Å². The van der Waals surface area contributed by atoms with Gasteiger partial charge in [-0.25, -0.2) is 9.97 Å². The van der Waals surface area contributed by atoms with Crippen LogP contribution in [0.15, 0.2) is 12.4 Å². The van der Waals surface area contributed by atoms with Gasteiger partial charge >= 0.3 is 0 Å². The molecule has 1 fully saturated rings. The molecule has 1 aliphatic rings. The third-order valence-corrected chi connectivity index (χ3v) is 2.67. The van der Waals surface area contributed by atoms with E-state index in [1.807, 2.05) is 6.92 Å². The Hall–Kier alpha value is -1.65. The molecule has 0 spiro atoms. The second-order valence-corrected chi connectivity index (χ2v) is 4.11. The average Bonchev–Trinajstić information content (AvgIpc) is 2.95. The number of amides is 1. The van der Waals surface area contributed by atoms with Gasteiger partial charge in [0.05, 0.1) is 12.4 Å². The van der Waals surface area contributed by atoms with E-state index in [4.69, 9.17) is 0 Å². The van der Waals surface area contributed by atoms with E-state index in [9.17, 15) is 4.79 Å². The molecule has 86 valence electrons. The molecule has 1 aliphatic carbocycles. The lowest BCUT2D eigenvalue weighted by atomic mass is 10.4. The van der Waals surface area contributed by atoms with Gasteiger partial charge in [0.2, 0.25) is 0 Å². The van der Waals surface area contributed by atoms with Crippen molar-refractivity contribution in [1.29, 1.82) is 0 Å². The number of hydrogen-bond donors (Lipinski definition) is 2. The number of nitrogens with one attached hydrogen (secondary N) is 2. The lowest BCUT2D eigenvalue weighted by Crippen LogP contribution is -2.27. The monoisotopic (exact) mass is 220 g/mol. The van der Waals surface area contributed by atoms with Gasteiger partial charge in [-0.15, -0.1) is 0 Å². The van der Waals surface area contributed by atoms with Crippen molar-refractivity contribution < 1.29 is 4.79 Å². The first-order valence-electron chi connectivity index (χ1n) is 5.57. The fourth-order valence-electron chi connectivity index (χ4n) is 1.48. The molecule has 5 nitrogen and oxygen atoms in total. The molecule has 0 saturated heterocycles. The average molecular weight is 220 g/mol. The van der Waals surface area contributed by atoms with Crippen LogP contribution in [-0.4, -0.2) is 28.5 Å². The third-order valence-electron chi connectivity index (χ3n) is 2.67. The van der Waals surface area contributed by atoms with Gasteiger partial charge in [-0.05, 0) is 19.3 Å². The summed E-state index contributed by atoms with van der Waals surface area (Å²) >= 11 is 0. The van der Waals surface area contributed by atoms with E-state index in [2.05, 4.69) is 27.5 Å². The first-order valence-corrected chi connectivity index (χ1v) is 5.57. The van der Waals surface area contributed by atoms with Crippen LogP contribution in [0.5, 0.6) is 0 Å². The Balaban J connectivity index is 1.95. The normalized spacial score (nSPS) is 22.6. The molecule has 1 aromatic rings. The van der Waals surface area contributed by atoms with Crippen LogP contribution in [0.3, 0.4) is 0 Å². The summed E-state index contributed by atoms with van der Waals surface area (Å²) in [5, 5.41) is 5.94. The molecule has 0 aliphatic heterocycles. The number of rotatable bonds is 4. The van der Waals surface area contributed by atoms with Crippen LogP contribution < -0.4 is 10.6 Å². The van der Waals surface area contributed by atoms with E-state index in [1.54, 1.807) is 6.20 Å². The van der Waals surface area contributed by atoms with Gasteiger partial charge in [0.1, 0.15) is 11.5 Å². The van der Waals surface area contributed by atoms with Crippen LogP contribution >= 0.6 is 0 Å². The molecule has 1 aromatic heterocycles. The Morgan fingerprint density at radius 2 is 2.25 bits per heavy atom. The Morgan fingerprint density at radius 3 is 2.75 bits per heavy atom. The molecule has 1 heterocycles. The van der Waals surface area contributed by atoms with Gasteiger partial charge < -0.3 is 10.6 Å². The quantitative estimate of drug-likeness (QED) is 0.795. The predicted molar refractivity (Wildman–Crippen MR) is 61.2 cm³/mol. The largest absolute Gasteiger partial charge is 0.369 e. The lowest BCUT2D eigenvalue weighted by molar-refractivity contribution is 0.0944. The van der Waals surface area contributed by atoms with Crippen LogP contribution in [0.1, 0.15) is 30.8 Å². The molecule has 0 aromatic carbocycles. The molecule has 1 amide bonds. The van der Waals surface area contributed by atoms with Crippen molar-refractivity contribution in [3.05, 3.63) is 18.1 Å². The summed E-state index contributed by atoms with van der Waals surface area (Å²) in [4.78, 5) is 19.8. The highest BCUT2D eigenvalue weighted by molar-refractivity contribution is 5.92. The zero-order valence-electron chi connectivity index (χ0n) is 9.53. The molecule has 0 bridgehead atoms. The predicted octanol–water partition coefficient (Wildman–Crippen LogP) is 1.05. The van der Waals surface area contributed by atoms with Crippen molar-refractivity contribution in [3.8, 4) is 0 Å². The van der Waals surface area contributed by atoms with Crippen LogP contribution in [0.2, 0.25) is 0 Å². The highest BCUT2D eigenvalue weighted by Gasteiger charge is 2.34. The smallest absolute Gasteiger partial charge is 0.271 e. The SMILES string of the molecule is CCNc1cnc(C(=O)NC2CC2C)cn1. The molecule has 2 unspecified atom stereocenters. The first kappa shape index (κ1) is 10.9. The van der Waals surface area contributed by atoms with E-state index in [0.29, 0.717) is 23.5 Å². The summed E-state index contributed by atoms with van der Waals surface area (Å²) in [5.74, 6) is 1.15. The van der Waals surface area contributed by atoms with Gasteiger partial charge in [-0.3, -0.25) is 4.79 Å². The molecule has 2 N–H and O–H groups in total. The second-order valence-electron chi connectivity index (χ2n) is 4.11. The molecule has 5 heteroatoms. The topological polar surface area (TPSA) is 66.9 Å². The molecule has 2 rings (SSSR count). The second kappa shape index (κ2) is 4.47. The van der Waals surface area contributed by atoms with Crippen molar-refractivity contribution in [2.24, 2.45) is 5.92 Å². The number of carbonyl (C=O) groups excluding carboxylic acids is 1. The fraction of sp³-hybridized carbons (Fsp3) is 0.545. The number of anilines is 1. The highest BCUT2D eigenvalue weighted by Crippen LogP contribution is 2.29. The van der Waals surface area contributed by atoms with Crippen LogP contribution in [0.4, 0.5) is 5.82 Å². The molecule has 0 radical (unpaired) electrons. The Morgan fingerprint density at radius 1 is 1.50 bits per heavy atom. The summed E-state index contributed by atoms with van der Waals surface area (Å²) in [6, 6.07) is 0.322. The van der Waals surface area contributed by atoms with Crippen molar-refractivity contribution in [2.45, 2.75) is 26.3 Å². The first-order chi connectivity index (χ1) is 7.70. The van der Waals surface area contributed by atoms with Crippen LogP contribution in [0.25, 0.3) is 0 Å². The zero-order chi connectivity index (χ0) is 11.5. The molecule has 16 heavy (non-hydrogen) atoms.